The van der Waals surface area contributed by atoms with Crippen molar-refractivity contribution >= 4 is 22.6 Å². The first-order valence-electron chi connectivity index (χ1n) is 4.80. The van der Waals surface area contributed by atoms with E-state index in [-0.39, 0.29) is 5.13 Å². The van der Waals surface area contributed by atoms with Crippen molar-refractivity contribution in [1.82, 2.24) is 9.36 Å². The van der Waals surface area contributed by atoms with Crippen molar-refractivity contribution in [3.05, 3.63) is 5.82 Å². The van der Waals surface area contributed by atoms with E-state index in [9.17, 15) is 18.0 Å². The summed E-state index contributed by atoms with van der Waals surface area (Å²) in [6, 6.07) is 0. The van der Waals surface area contributed by atoms with Gasteiger partial charge in [0, 0.05) is 18.1 Å². The molecule has 1 atom stereocenters. The molecule has 1 aliphatic heterocycles. The molecule has 2 rings (SSSR count). The van der Waals surface area contributed by atoms with Crippen LogP contribution in [0.5, 0.6) is 0 Å². The second kappa shape index (κ2) is 4.57. The summed E-state index contributed by atoms with van der Waals surface area (Å²) >= 11 is 0.495. The first-order valence-corrected chi connectivity index (χ1v) is 5.57. The lowest BCUT2D eigenvalue weighted by Crippen LogP contribution is -2.26. The van der Waals surface area contributed by atoms with Crippen LogP contribution in [0.25, 0.3) is 0 Å². The van der Waals surface area contributed by atoms with E-state index >= 15 is 0 Å². The van der Waals surface area contributed by atoms with Crippen molar-refractivity contribution in [2.45, 2.75) is 25.1 Å². The fourth-order valence-electron chi connectivity index (χ4n) is 1.36. The quantitative estimate of drug-likeness (QED) is 0.885. The molecule has 0 aliphatic carbocycles. The largest absolute Gasteiger partial charge is 0.452 e. The van der Waals surface area contributed by atoms with E-state index in [1.807, 2.05) is 0 Å². The molecule has 1 fully saturated rings. The molecule has 1 amide bonds. The number of anilines is 1. The van der Waals surface area contributed by atoms with Crippen LogP contribution in [-0.4, -0.2) is 28.0 Å². The molecule has 94 valence electrons. The number of hydrogen-bond acceptors (Lipinski definition) is 5. The van der Waals surface area contributed by atoms with Gasteiger partial charge >= 0.3 is 6.18 Å². The molecule has 1 aliphatic rings. The lowest BCUT2D eigenvalue weighted by atomic mass is 10.2. The molecule has 9 heteroatoms. The van der Waals surface area contributed by atoms with Crippen LogP contribution < -0.4 is 5.32 Å². The van der Waals surface area contributed by atoms with E-state index in [1.54, 1.807) is 0 Å². The molecule has 17 heavy (non-hydrogen) atoms. The summed E-state index contributed by atoms with van der Waals surface area (Å²) in [6.45, 7) is 0.488. The fourth-order valence-corrected chi connectivity index (χ4v) is 1.95. The monoisotopic (exact) mass is 267 g/mol. The van der Waals surface area contributed by atoms with Crippen LogP contribution in [0.1, 0.15) is 18.7 Å². The van der Waals surface area contributed by atoms with E-state index in [4.69, 9.17) is 4.74 Å². The van der Waals surface area contributed by atoms with E-state index in [1.165, 1.54) is 0 Å². The Morgan fingerprint density at radius 3 is 2.82 bits per heavy atom. The van der Waals surface area contributed by atoms with Gasteiger partial charge in [-0.1, -0.05) is 0 Å². The van der Waals surface area contributed by atoms with Crippen molar-refractivity contribution < 1.29 is 22.7 Å². The minimum Gasteiger partial charge on any atom is -0.368 e. The molecule has 1 N–H and O–H groups in total. The fraction of sp³-hybridized carbons (Fsp3) is 0.625. The Bertz CT molecular complexity index is 414. The predicted molar refractivity (Wildman–Crippen MR) is 52.5 cm³/mol. The van der Waals surface area contributed by atoms with Crippen molar-refractivity contribution in [2.75, 3.05) is 11.9 Å². The highest BCUT2D eigenvalue weighted by molar-refractivity contribution is 7.09. The third kappa shape index (κ3) is 2.91. The number of carbonyl (C=O) groups excluding carboxylic acids is 1. The first-order chi connectivity index (χ1) is 7.97. The highest BCUT2D eigenvalue weighted by Crippen LogP contribution is 2.29. The molecule has 2 heterocycles. The molecule has 5 nitrogen and oxygen atoms in total. The third-order valence-corrected chi connectivity index (χ3v) is 2.76. The molecule has 1 saturated heterocycles. The molecule has 1 aromatic heterocycles. The topological polar surface area (TPSA) is 64.1 Å². The Labute approximate surface area is 98.2 Å². The Morgan fingerprint density at radius 1 is 1.53 bits per heavy atom. The number of alkyl halides is 3. The summed E-state index contributed by atoms with van der Waals surface area (Å²) in [5.74, 6) is -1.72. The zero-order valence-electron chi connectivity index (χ0n) is 8.45. The smallest absolute Gasteiger partial charge is 0.368 e. The Morgan fingerprint density at radius 2 is 2.29 bits per heavy atom. The van der Waals surface area contributed by atoms with Gasteiger partial charge in [0.25, 0.3) is 5.91 Å². The molecule has 0 bridgehead atoms. The Hall–Kier alpha value is -1.22. The van der Waals surface area contributed by atoms with Gasteiger partial charge in [0.05, 0.1) is 0 Å². The summed E-state index contributed by atoms with van der Waals surface area (Å²) in [6.07, 6.45) is -3.87. The summed E-state index contributed by atoms with van der Waals surface area (Å²) < 4.78 is 44.8. The number of nitrogens with one attached hydrogen (secondary N) is 1. The number of carbonyl (C=O) groups is 1. The van der Waals surface area contributed by atoms with Crippen LogP contribution in [0.4, 0.5) is 18.3 Å². The maximum absolute atomic E-state index is 12.2. The highest BCUT2D eigenvalue weighted by atomic mass is 32.1. The molecular formula is C8H8F3N3O2S. The number of rotatable bonds is 2. The standard InChI is InChI=1S/C8H8F3N3O2S/c9-8(10,11)6-13-7(17-14-6)12-5(15)4-2-1-3-16-4/h4H,1-3H2,(H,12,13,14,15)/t4-/m1/s1. The van der Waals surface area contributed by atoms with Crippen LogP contribution >= 0.6 is 11.5 Å². The van der Waals surface area contributed by atoms with Crippen LogP contribution in [0.15, 0.2) is 0 Å². The maximum Gasteiger partial charge on any atom is 0.452 e. The number of nitrogens with zero attached hydrogens (tertiary/aromatic N) is 2. The van der Waals surface area contributed by atoms with E-state index in [0.717, 1.165) is 6.42 Å². The molecule has 1 aromatic rings. The predicted octanol–water partition coefficient (Wildman–Crippen LogP) is 1.67. The number of hydrogen-bond donors (Lipinski definition) is 1. The first kappa shape index (κ1) is 12.2. The van der Waals surface area contributed by atoms with E-state index < -0.39 is 24.0 Å². The summed E-state index contributed by atoms with van der Waals surface area (Å²) in [7, 11) is 0. The molecule has 0 radical (unpaired) electrons. The van der Waals surface area contributed by atoms with E-state index in [2.05, 4.69) is 14.7 Å². The lowest BCUT2D eigenvalue weighted by molar-refractivity contribution is -0.144. The average Bonchev–Trinajstić information content (AvgIpc) is 2.85. The van der Waals surface area contributed by atoms with E-state index in [0.29, 0.717) is 24.6 Å². The highest BCUT2D eigenvalue weighted by Gasteiger charge is 2.36. The van der Waals surface area contributed by atoms with Crippen molar-refractivity contribution in [3.63, 3.8) is 0 Å². The normalized spacial score (nSPS) is 20.5. The zero-order valence-corrected chi connectivity index (χ0v) is 9.27. The van der Waals surface area contributed by atoms with Crippen LogP contribution in [-0.2, 0) is 15.7 Å². The molecule has 0 saturated carbocycles. The molecule has 0 unspecified atom stereocenters. The Kier molecular flexibility index (Phi) is 3.29. The minimum atomic E-state index is -4.59. The van der Waals surface area contributed by atoms with Gasteiger partial charge in [0.2, 0.25) is 11.0 Å². The van der Waals surface area contributed by atoms with Crippen molar-refractivity contribution in [3.8, 4) is 0 Å². The minimum absolute atomic E-state index is 0.169. The van der Waals surface area contributed by atoms with Crippen LogP contribution in [0.2, 0.25) is 0 Å². The summed E-state index contributed by atoms with van der Waals surface area (Å²) in [5, 5.41) is 2.09. The zero-order chi connectivity index (χ0) is 12.5. The van der Waals surface area contributed by atoms with Gasteiger partial charge in [-0.3, -0.25) is 10.1 Å². The number of amides is 1. The maximum atomic E-state index is 12.2. The molecule has 0 aromatic carbocycles. The van der Waals surface area contributed by atoms with Gasteiger partial charge in [0.15, 0.2) is 0 Å². The second-order valence-corrected chi connectivity index (χ2v) is 4.16. The molecule has 0 spiro atoms. The van der Waals surface area contributed by atoms with Crippen molar-refractivity contribution in [1.29, 1.82) is 0 Å². The second-order valence-electron chi connectivity index (χ2n) is 3.41. The van der Waals surface area contributed by atoms with Gasteiger partial charge in [-0.15, -0.1) is 0 Å². The number of halogens is 3. The lowest BCUT2D eigenvalue weighted by Gasteiger charge is -2.07. The van der Waals surface area contributed by atoms with Gasteiger partial charge in [-0.25, -0.2) is 0 Å². The van der Waals surface area contributed by atoms with Gasteiger partial charge in [-0.05, 0) is 12.8 Å². The Balaban J connectivity index is 1.99. The number of ether oxygens (including phenoxy) is 1. The van der Waals surface area contributed by atoms with Crippen LogP contribution in [0, 0.1) is 0 Å². The molecular weight excluding hydrogens is 259 g/mol. The van der Waals surface area contributed by atoms with Crippen LogP contribution in [0.3, 0.4) is 0 Å². The van der Waals surface area contributed by atoms with Gasteiger partial charge < -0.3 is 4.74 Å². The average molecular weight is 267 g/mol. The summed E-state index contributed by atoms with van der Waals surface area (Å²) in [5.41, 5.74) is 0. The third-order valence-electron chi connectivity index (χ3n) is 2.13. The van der Waals surface area contributed by atoms with Gasteiger partial charge in [0.1, 0.15) is 6.10 Å². The van der Waals surface area contributed by atoms with Crippen molar-refractivity contribution in [2.24, 2.45) is 0 Å². The van der Waals surface area contributed by atoms with Gasteiger partial charge in [-0.2, -0.15) is 22.5 Å². The summed E-state index contributed by atoms with van der Waals surface area (Å²) in [4.78, 5) is 14.7. The SMILES string of the molecule is O=C(Nc1nc(C(F)(F)F)ns1)[C@H]1CCCO1. The number of aromatic nitrogens is 2.